The summed E-state index contributed by atoms with van der Waals surface area (Å²) >= 11 is 0. The number of carbonyl (C=O) groups excluding carboxylic acids is 1. The number of nitrogens with two attached hydrogens (primary N) is 1. The maximum absolute atomic E-state index is 12.2. The van der Waals surface area contributed by atoms with E-state index in [9.17, 15) is 13.2 Å². The van der Waals surface area contributed by atoms with Gasteiger partial charge in [-0.05, 0) is 54.8 Å². The van der Waals surface area contributed by atoms with E-state index >= 15 is 0 Å². The molecule has 6 nitrogen and oxygen atoms in total. The summed E-state index contributed by atoms with van der Waals surface area (Å²) in [5.74, 6) is 0.697. The lowest BCUT2D eigenvalue weighted by Gasteiger charge is -2.15. The van der Waals surface area contributed by atoms with Gasteiger partial charge in [0.25, 0.3) is 5.91 Å². The van der Waals surface area contributed by atoms with Crippen molar-refractivity contribution >= 4 is 21.6 Å². The molecule has 0 fully saturated rings. The van der Waals surface area contributed by atoms with Crippen LogP contribution in [0.4, 0.5) is 5.69 Å². The highest BCUT2D eigenvalue weighted by molar-refractivity contribution is 7.89. The second-order valence-electron chi connectivity index (χ2n) is 6.04. The maximum Gasteiger partial charge on any atom is 0.265 e. The van der Waals surface area contributed by atoms with Gasteiger partial charge in [-0.25, -0.2) is 13.6 Å². The monoisotopic (exact) mass is 362 g/mol. The quantitative estimate of drug-likeness (QED) is 0.825. The van der Waals surface area contributed by atoms with Crippen LogP contribution in [0.1, 0.15) is 32.3 Å². The second-order valence-corrected chi connectivity index (χ2v) is 7.60. The van der Waals surface area contributed by atoms with Crippen LogP contribution in [0.25, 0.3) is 0 Å². The molecule has 0 aliphatic carbocycles. The van der Waals surface area contributed by atoms with Crippen molar-refractivity contribution in [1.82, 2.24) is 0 Å². The molecule has 0 aliphatic heterocycles. The van der Waals surface area contributed by atoms with Crippen molar-refractivity contribution in [3.05, 3.63) is 54.1 Å². The first-order valence-corrected chi connectivity index (χ1v) is 9.42. The van der Waals surface area contributed by atoms with Crippen molar-refractivity contribution in [2.45, 2.75) is 37.7 Å². The summed E-state index contributed by atoms with van der Waals surface area (Å²) in [7, 11) is -3.75. The van der Waals surface area contributed by atoms with Crippen molar-refractivity contribution in [1.29, 1.82) is 0 Å². The third-order valence-corrected chi connectivity index (χ3v) is 4.61. The van der Waals surface area contributed by atoms with Crippen molar-refractivity contribution in [2.75, 3.05) is 5.32 Å². The van der Waals surface area contributed by atoms with Crippen LogP contribution in [0.15, 0.2) is 53.4 Å². The van der Waals surface area contributed by atoms with Crippen LogP contribution in [0.3, 0.4) is 0 Å². The normalized spacial score (nSPS) is 12.7. The first kappa shape index (κ1) is 19.0. The van der Waals surface area contributed by atoms with Crippen LogP contribution >= 0.6 is 0 Å². The second kappa shape index (κ2) is 7.67. The Kier molecular flexibility index (Phi) is 5.81. The van der Waals surface area contributed by atoms with Gasteiger partial charge in [-0.15, -0.1) is 0 Å². The Morgan fingerprint density at radius 1 is 1.00 bits per heavy atom. The molecule has 2 aromatic carbocycles. The van der Waals surface area contributed by atoms with Gasteiger partial charge in [-0.1, -0.05) is 26.0 Å². The van der Waals surface area contributed by atoms with Crippen molar-refractivity contribution < 1.29 is 17.9 Å². The van der Waals surface area contributed by atoms with E-state index in [0.29, 0.717) is 17.4 Å². The number of carbonyl (C=O) groups is 1. The minimum atomic E-state index is -3.75. The molecular formula is C18H22N2O4S. The van der Waals surface area contributed by atoms with Crippen LogP contribution in [0.5, 0.6) is 5.75 Å². The molecule has 3 N–H and O–H groups in total. The highest BCUT2D eigenvalue weighted by Crippen LogP contribution is 2.20. The van der Waals surface area contributed by atoms with E-state index in [4.69, 9.17) is 9.88 Å². The van der Waals surface area contributed by atoms with Crippen molar-refractivity contribution in [3.63, 3.8) is 0 Å². The largest absolute Gasteiger partial charge is 0.481 e. The molecule has 0 bridgehead atoms. The van der Waals surface area contributed by atoms with Crippen molar-refractivity contribution in [3.8, 4) is 5.75 Å². The Hall–Kier alpha value is -2.38. The first-order chi connectivity index (χ1) is 11.7. The Balaban J connectivity index is 1.98. The Bertz CT molecular complexity index is 828. The highest BCUT2D eigenvalue weighted by atomic mass is 32.2. The van der Waals surface area contributed by atoms with Crippen LogP contribution in [0.2, 0.25) is 0 Å². The van der Waals surface area contributed by atoms with E-state index in [1.165, 1.54) is 29.8 Å². The van der Waals surface area contributed by atoms with Crippen LogP contribution in [0, 0.1) is 0 Å². The number of primary sulfonamides is 1. The van der Waals surface area contributed by atoms with Gasteiger partial charge in [0.2, 0.25) is 10.0 Å². The molecule has 2 aromatic rings. The molecule has 0 unspecified atom stereocenters. The van der Waals surface area contributed by atoms with Gasteiger partial charge >= 0.3 is 0 Å². The van der Waals surface area contributed by atoms with E-state index in [2.05, 4.69) is 19.2 Å². The zero-order chi connectivity index (χ0) is 18.6. The molecule has 7 heteroatoms. The topological polar surface area (TPSA) is 98.5 Å². The minimum Gasteiger partial charge on any atom is -0.481 e. The molecule has 0 aliphatic rings. The summed E-state index contributed by atoms with van der Waals surface area (Å²) in [6, 6.07) is 13.2. The van der Waals surface area contributed by atoms with Gasteiger partial charge < -0.3 is 10.1 Å². The summed E-state index contributed by atoms with van der Waals surface area (Å²) in [5, 5.41) is 7.71. The molecule has 1 atom stereocenters. The number of anilines is 1. The van der Waals surface area contributed by atoms with Gasteiger partial charge in [0.15, 0.2) is 6.10 Å². The molecule has 0 saturated carbocycles. The molecule has 1 amide bonds. The van der Waals surface area contributed by atoms with Gasteiger partial charge in [0.05, 0.1) is 4.90 Å². The predicted molar refractivity (Wildman–Crippen MR) is 97.1 cm³/mol. The molecule has 2 rings (SSSR count). The highest BCUT2D eigenvalue weighted by Gasteiger charge is 2.15. The smallest absolute Gasteiger partial charge is 0.265 e. The van der Waals surface area contributed by atoms with Crippen molar-refractivity contribution in [2.24, 2.45) is 5.14 Å². The van der Waals surface area contributed by atoms with Gasteiger partial charge in [-0.2, -0.15) is 0 Å². The van der Waals surface area contributed by atoms with E-state index in [1.54, 1.807) is 6.92 Å². The molecule has 25 heavy (non-hydrogen) atoms. The Morgan fingerprint density at radius 3 is 2.04 bits per heavy atom. The summed E-state index contributed by atoms with van der Waals surface area (Å²) in [5.41, 5.74) is 1.66. The SMILES string of the molecule is CC(C)c1ccc(O[C@H](C)C(=O)Nc2ccc(S(N)(=O)=O)cc2)cc1. The lowest BCUT2D eigenvalue weighted by atomic mass is 10.0. The molecule has 134 valence electrons. The zero-order valence-electron chi connectivity index (χ0n) is 14.4. The number of sulfonamides is 1. The number of hydrogen-bond acceptors (Lipinski definition) is 4. The summed E-state index contributed by atoms with van der Waals surface area (Å²) in [6.45, 7) is 5.85. The standard InChI is InChI=1S/C18H22N2O4S/c1-12(2)14-4-8-16(9-5-14)24-13(3)18(21)20-15-6-10-17(11-7-15)25(19,22)23/h4-13H,1-3H3,(H,20,21)(H2,19,22,23)/t13-/m1/s1. The number of hydrogen-bond donors (Lipinski definition) is 2. The average Bonchev–Trinajstić information content (AvgIpc) is 2.55. The number of rotatable bonds is 6. The number of ether oxygens (including phenoxy) is 1. The molecule has 0 spiro atoms. The fraction of sp³-hybridized carbons (Fsp3) is 0.278. The number of amides is 1. The van der Waals surface area contributed by atoms with Crippen LogP contribution in [-0.2, 0) is 14.8 Å². The molecule has 0 radical (unpaired) electrons. The molecular weight excluding hydrogens is 340 g/mol. The molecule has 0 aromatic heterocycles. The number of nitrogens with one attached hydrogen (secondary N) is 1. The van der Waals surface area contributed by atoms with E-state index in [1.807, 2.05) is 24.3 Å². The third kappa shape index (κ3) is 5.30. The Morgan fingerprint density at radius 2 is 1.56 bits per heavy atom. The van der Waals surface area contributed by atoms with E-state index in [-0.39, 0.29) is 10.8 Å². The van der Waals surface area contributed by atoms with Crippen LogP contribution in [-0.4, -0.2) is 20.4 Å². The fourth-order valence-corrected chi connectivity index (χ4v) is 2.68. The van der Waals surface area contributed by atoms with E-state index in [0.717, 1.165) is 0 Å². The Labute approximate surface area is 148 Å². The third-order valence-electron chi connectivity index (χ3n) is 3.68. The minimum absolute atomic E-state index is 0.0139. The lowest BCUT2D eigenvalue weighted by Crippen LogP contribution is -2.30. The predicted octanol–water partition coefficient (Wildman–Crippen LogP) is 2.86. The number of benzene rings is 2. The average molecular weight is 362 g/mol. The first-order valence-electron chi connectivity index (χ1n) is 7.87. The van der Waals surface area contributed by atoms with Crippen LogP contribution < -0.4 is 15.2 Å². The van der Waals surface area contributed by atoms with Gasteiger partial charge in [-0.3, -0.25) is 4.79 Å². The zero-order valence-corrected chi connectivity index (χ0v) is 15.2. The van der Waals surface area contributed by atoms with E-state index < -0.39 is 16.1 Å². The van der Waals surface area contributed by atoms with Gasteiger partial charge in [0, 0.05) is 5.69 Å². The molecule has 0 saturated heterocycles. The fourth-order valence-electron chi connectivity index (χ4n) is 2.16. The summed E-state index contributed by atoms with van der Waals surface area (Å²) in [6.07, 6.45) is -0.706. The lowest BCUT2D eigenvalue weighted by molar-refractivity contribution is -0.122. The van der Waals surface area contributed by atoms with Gasteiger partial charge in [0.1, 0.15) is 5.75 Å². The maximum atomic E-state index is 12.2. The summed E-state index contributed by atoms with van der Waals surface area (Å²) < 4.78 is 28.1. The summed E-state index contributed by atoms with van der Waals surface area (Å²) in [4.78, 5) is 12.2. The molecule has 0 heterocycles.